The van der Waals surface area contributed by atoms with Gasteiger partial charge in [-0.05, 0) is 85.2 Å². The van der Waals surface area contributed by atoms with Gasteiger partial charge >= 0.3 is 6.18 Å². The summed E-state index contributed by atoms with van der Waals surface area (Å²) in [7, 11) is 0. The molecule has 3 atom stereocenters. The molecule has 2 aliphatic rings. The lowest BCUT2D eigenvalue weighted by molar-refractivity contribution is -0.137. The lowest BCUT2D eigenvalue weighted by Gasteiger charge is -2.39. The predicted molar refractivity (Wildman–Crippen MR) is 127 cm³/mol. The molecule has 176 valence electrons. The molecule has 34 heavy (non-hydrogen) atoms. The van der Waals surface area contributed by atoms with Crippen LogP contribution in [0.1, 0.15) is 65.2 Å². The van der Waals surface area contributed by atoms with Gasteiger partial charge in [0, 0.05) is 23.5 Å². The molecule has 3 nitrogen and oxygen atoms in total. The number of alkyl halides is 3. The topological polar surface area (TPSA) is 32.3 Å². The van der Waals surface area contributed by atoms with Gasteiger partial charge in [0.05, 0.1) is 11.6 Å². The van der Waals surface area contributed by atoms with E-state index in [2.05, 4.69) is 10.2 Å². The molecule has 1 N–H and O–H groups in total. The van der Waals surface area contributed by atoms with Crippen molar-refractivity contribution in [2.75, 3.05) is 11.4 Å². The van der Waals surface area contributed by atoms with Gasteiger partial charge in [0.25, 0.3) is 5.91 Å². The first-order chi connectivity index (χ1) is 16.3. The lowest BCUT2D eigenvalue weighted by atomic mass is 9.82. The molecule has 1 aliphatic carbocycles. The van der Waals surface area contributed by atoms with Crippen LogP contribution in [0.4, 0.5) is 24.5 Å². The van der Waals surface area contributed by atoms with E-state index >= 15 is 0 Å². The number of hydrogen-bond donors (Lipinski definition) is 1. The van der Waals surface area contributed by atoms with E-state index in [1.54, 1.807) is 12.1 Å². The highest BCUT2D eigenvalue weighted by Crippen LogP contribution is 2.50. The van der Waals surface area contributed by atoms with Crippen LogP contribution in [0.3, 0.4) is 0 Å². The van der Waals surface area contributed by atoms with Crippen molar-refractivity contribution in [2.24, 2.45) is 5.92 Å². The van der Waals surface area contributed by atoms with Crippen molar-refractivity contribution in [3.8, 4) is 0 Å². The first kappa shape index (κ1) is 22.5. The van der Waals surface area contributed by atoms with E-state index in [4.69, 9.17) is 0 Å². The molecule has 0 saturated heterocycles. The van der Waals surface area contributed by atoms with E-state index in [0.29, 0.717) is 17.4 Å². The quantitative estimate of drug-likeness (QED) is 0.442. The number of hydrogen-bond acceptors (Lipinski definition) is 2. The van der Waals surface area contributed by atoms with Crippen molar-refractivity contribution in [2.45, 2.75) is 44.3 Å². The van der Waals surface area contributed by atoms with E-state index in [1.807, 2.05) is 55.5 Å². The molecule has 0 spiro atoms. The zero-order valence-corrected chi connectivity index (χ0v) is 19.0. The Hall–Kier alpha value is -3.28. The summed E-state index contributed by atoms with van der Waals surface area (Å²) >= 11 is 0. The molecular formula is C28H27F3N2O. The van der Waals surface area contributed by atoms with E-state index in [0.717, 1.165) is 60.4 Å². The molecule has 5 rings (SSSR count). The summed E-state index contributed by atoms with van der Waals surface area (Å²) in [5, 5.41) is 3.08. The minimum atomic E-state index is -4.35. The van der Waals surface area contributed by atoms with Crippen LogP contribution >= 0.6 is 0 Å². The summed E-state index contributed by atoms with van der Waals surface area (Å²) in [6.45, 7) is 2.74. The fraction of sp³-hybridized carbons (Fsp3) is 0.321. The van der Waals surface area contributed by atoms with E-state index < -0.39 is 11.7 Å². The van der Waals surface area contributed by atoms with Gasteiger partial charge in [0.15, 0.2) is 0 Å². The molecule has 2 unspecified atom stereocenters. The van der Waals surface area contributed by atoms with Crippen molar-refractivity contribution in [1.82, 2.24) is 5.32 Å². The van der Waals surface area contributed by atoms with Crippen LogP contribution in [-0.4, -0.2) is 12.5 Å². The second-order valence-corrected chi connectivity index (χ2v) is 9.33. The molecule has 1 aliphatic heterocycles. The largest absolute Gasteiger partial charge is 0.416 e. The number of benzene rings is 3. The minimum Gasteiger partial charge on any atom is -0.346 e. The Morgan fingerprint density at radius 1 is 1.00 bits per heavy atom. The van der Waals surface area contributed by atoms with Crippen LogP contribution in [0, 0.1) is 5.92 Å². The summed E-state index contributed by atoms with van der Waals surface area (Å²) in [6.07, 6.45) is -1.07. The smallest absolute Gasteiger partial charge is 0.346 e. The highest BCUT2D eigenvalue weighted by molar-refractivity contribution is 5.95. The lowest BCUT2D eigenvalue weighted by Crippen LogP contribution is -2.33. The van der Waals surface area contributed by atoms with Gasteiger partial charge in [-0.2, -0.15) is 13.2 Å². The standard InChI is InChI=1S/C28H27F3N2O/c1-18(19-6-3-2-4-7-19)32-27(34)20-10-15-26-25(16-20)24-9-5-8-21(24)17-33(26)23-13-11-22(12-14-23)28(29,30)31/h2-4,6-7,10-16,18,21,24H,5,8-9,17H2,1H3,(H,32,34)/t18-,21?,24?/m0/s1. The van der Waals surface area contributed by atoms with Crippen molar-refractivity contribution in [3.63, 3.8) is 0 Å². The highest BCUT2D eigenvalue weighted by Gasteiger charge is 2.38. The third-order valence-electron chi connectivity index (χ3n) is 7.21. The van der Waals surface area contributed by atoms with Crippen molar-refractivity contribution in [1.29, 1.82) is 0 Å². The fourth-order valence-corrected chi connectivity index (χ4v) is 5.42. The molecule has 3 aromatic carbocycles. The number of amides is 1. The van der Waals surface area contributed by atoms with Crippen molar-refractivity contribution >= 4 is 17.3 Å². The molecule has 3 aromatic rings. The molecule has 0 aromatic heterocycles. The fourth-order valence-electron chi connectivity index (χ4n) is 5.42. The maximum atomic E-state index is 13.1. The van der Waals surface area contributed by atoms with Crippen LogP contribution in [-0.2, 0) is 6.18 Å². The van der Waals surface area contributed by atoms with Gasteiger partial charge in [-0.3, -0.25) is 4.79 Å². The number of fused-ring (bicyclic) bond motifs is 3. The van der Waals surface area contributed by atoms with Crippen LogP contribution in [0.25, 0.3) is 0 Å². The summed E-state index contributed by atoms with van der Waals surface area (Å²) in [4.78, 5) is 15.2. The second-order valence-electron chi connectivity index (χ2n) is 9.33. The Kier molecular flexibility index (Phi) is 5.84. The molecule has 0 radical (unpaired) electrons. The van der Waals surface area contributed by atoms with Crippen molar-refractivity contribution in [3.05, 3.63) is 95.1 Å². The van der Waals surface area contributed by atoms with Gasteiger partial charge in [0.2, 0.25) is 0 Å². The Bertz CT molecular complexity index is 1170. The van der Waals surface area contributed by atoms with Crippen LogP contribution in [0.15, 0.2) is 72.8 Å². The van der Waals surface area contributed by atoms with E-state index in [1.165, 1.54) is 0 Å². The van der Waals surface area contributed by atoms with Crippen LogP contribution in [0.5, 0.6) is 0 Å². The molecule has 1 amide bonds. The van der Waals surface area contributed by atoms with Gasteiger partial charge in [0.1, 0.15) is 0 Å². The number of nitrogens with zero attached hydrogens (tertiary/aromatic N) is 1. The van der Waals surface area contributed by atoms with Crippen LogP contribution < -0.4 is 10.2 Å². The van der Waals surface area contributed by atoms with E-state index in [-0.39, 0.29) is 11.9 Å². The number of carbonyl (C=O) groups is 1. The SMILES string of the molecule is C[C@H](NC(=O)c1ccc2c(c1)C1CCCC1CN2c1ccc(C(F)(F)F)cc1)c1ccccc1. The molecule has 1 fully saturated rings. The number of halogens is 3. The molecule has 1 heterocycles. The maximum absolute atomic E-state index is 13.1. The summed E-state index contributed by atoms with van der Waals surface area (Å²) in [5.74, 6) is 0.677. The molecule has 0 bridgehead atoms. The third kappa shape index (κ3) is 4.29. The van der Waals surface area contributed by atoms with Gasteiger partial charge < -0.3 is 10.2 Å². The molecule has 6 heteroatoms. The maximum Gasteiger partial charge on any atom is 0.416 e. The summed E-state index contributed by atoms with van der Waals surface area (Å²) in [6, 6.07) is 20.8. The molecule has 1 saturated carbocycles. The number of carbonyl (C=O) groups excluding carboxylic acids is 1. The third-order valence-corrected chi connectivity index (χ3v) is 7.21. The Labute approximate surface area is 197 Å². The summed E-state index contributed by atoms with van der Waals surface area (Å²) in [5.41, 5.74) is 3.85. The van der Waals surface area contributed by atoms with Gasteiger partial charge in [-0.25, -0.2) is 0 Å². The van der Waals surface area contributed by atoms with Crippen LogP contribution in [0.2, 0.25) is 0 Å². The average molecular weight is 465 g/mol. The Morgan fingerprint density at radius 2 is 1.74 bits per heavy atom. The second kappa shape index (κ2) is 8.82. The number of nitrogens with one attached hydrogen (secondary N) is 1. The Morgan fingerprint density at radius 3 is 2.44 bits per heavy atom. The van der Waals surface area contributed by atoms with Gasteiger partial charge in [-0.15, -0.1) is 0 Å². The first-order valence-corrected chi connectivity index (χ1v) is 11.8. The first-order valence-electron chi connectivity index (χ1n) is 11.8. The van der Waals surface area contributed by atoms with Gasteiger partial charge in [-0.1, -0.05) is 36.8 Å². The van der Waals surface area contributed by atoms with E-state index in [9.17, 15) is 18.0 Å². The predicted octanol–water partition coefficient (Wildman–Crippen LogP) is 7.23. The number of rotatable bonds is 4. The summed E-state index contributed by atoms with van der Waals surface area (Å²) < 4.78 is 39.1. The molecular weight excluding hydrogens is 437 g/mol. The van der Waals surface area contributed by atoms with Crippen molar-refractivity contribution < 1.29 is 18.0 Å². The highest BCUT2D eigenvalue weighted by atomic mass is 19.4. The number of anilines is 2. The minimum absolute atomic E-state index is 0.118. The average Bonchev–Trinajstić information content (AvgIpc) is 3.32. The monoisotopic (exact) mass is 464 g/mol. The Balaban J connectivity index is 1.44. The zero-order valence-electron chi connectivity index (χ0n) is 19.0. The normalized spacial score (nSPS) is 20.4. The zero-order chi connectivity index (χ0) is 23.9.